The van der Waals surface area contributed by atoms with Gasteiger partial charge in [0, 0.05) is 11.8 Å². The predicted octanol–water partition coefficient (Wildman–Crippen LogP) is 1.67. The molecular weight excluding hydrogens is 212 g/mol. The molecule has 0 heterocycles. The van der Waals surface area contributed by atoms with E-state index in [2.05, 4.69) is 5.32 Å². The number of nitrogens with two attached hydrogens (primary N) is 1. The quantitative estimate of drug-likeness (QED) is 0.768. The Morgan fingerprint density at radius 2 is 1.80 bits per heavy atom. The second-order valence-electron chi connectivity index (χ2n) is 3.01. The number of benzene rings is 1. The highest BCUT2D eigenvalue weighted by Crippen LogP contribution is 2.32. The Bertz CT molecular complexity index is 380. The Labute approximate surface area is 94.4 Å². The zero-order valence-electron chi connectivity index (χ0n) is 8.96. The fraction of sp³-hybridized carbons (Fsp3) is 0.300. The molecule has 0 aliphatic heterocycles. The molecule has 0 aromatic heterocycles. The monoisotopic (exact) mass is 226 g/mol. The molecule has 0 aliphatic carbocycles. The van der Waals surface area contributed by atoms with Crippen molar-refractivity contribution in [2.24, 2.45) is 5.73 Å². The molecule has 0 unspecified atom stereocenters. The van der Waals surface area contributed by atoms with Crippen molar-refractivity contribution in [1.29, 1.82) is 0 Å². The average molecular weight is 226 g/mol. The Morgan fingerprint density at radius 3 is 2.27 bits per heavy atom. The molecule has 0 radical (unpaired) electrons. The fourth-order valence-corrected chi connectivity index (χ4v) is 1.36. The van der Waals surface area contributed by atoms with Crippen LogP contribution in [-0.4, -0.2) is 19.3 Å². The first-order valence-electron chi connectivity index (χ1n) is 4.37. The summed E-state index contributed by atoms with van der Waals surface area (Å²) in [6.07, 6.45) is 0. The lowest BCUT2D eigenvalue weighted by atomic mass is 10.2. The number of ether oxygens (including phenoxy) is 2. The SMILES string of the molecule is COc1cc(C)c(NC(N)=S)cc1OC. The minimum atomic E-state index is 0.227. The van der Waals surface area contributed by atoms with Crippen molar-refractivity contribution in [2.75, 3.05) is 19.5 Å². The molecule has 3 N–H and O–H groups in total. The molecule has 1 aromatic rings. The zero-order valence-corrected chi connectivity index (χ0v) is 9.77. The average Bonchev–Trinajstić information content (AvgIpc) is 2.19. The maximum Gasteiger partial charge on any atom is 0.168 e. The van der Waals surface area contributed by atoms with E-state index in [1.807, 2.05) is 13.0 Å². The second-order valence-corrected chi connectivity index (χ2v) is 3.45. The number of thiocarbonyl (C=S) groups is 1. The second kappa shape index (κ2) is 4.84. The van der Waals surface area contributed by atoms with Crippen LogP contribution in [-0.2, 0) is 0 Å². The molecule has 5 heteroatoms. The van der Waals surface area contributed by atoms with Gasteiger partial charge < -0.3 is 20.5 Å². The predicted molar refractivity (Wildman–Crippen MR) is 64.7 cm³/mol. The summed E-state index contributed by atoms with van der Waals surface area (Å²) in [4.78, 5) is 0. The van der Waals surface area contributed by atoms with Crippen LogP contribution in [0.25, 0.3) is 0 Å². The van der Waals surface area contributed by atoms with Crippen molar-refractivity contribution in [1.82, 2.24) is 0 Å². The van der Waals surface area contributed by atoms with Crippen LogP contribution in [0.15, 0.2) is 12.1 Å². The van der Waals surface area contributed by atoms with Gasteiger partial charge in [-0.1, -0.05) is 0 Å². The molecule has 4 nitrogen and oxygen atoms in total. The van der Waals surface area contributed by atoms with E-state index in [-0.39, 0.29) is 5.11 Å². The van der Waals surface area contributed by atoms with Crippen molar-refractivity contribution in [3.8, 4) is 11.5 Å². The molecule has 0 amide bonds. The van der Waals surface area contributed by atoms with Gasteiger partial charge in [0.1, 0.15) is 0 Å². The molecule has 15 heavy (non-hydrogen) atoms. The summed E-state index contributed by atoms with van der Waals surface area (Å²) in [6, 6.07) is 3.66. The summed E-state index contributed by atoms with van der Waals surface area (Å²) in [5, 5.41) is 3.10. The summed E-state index contributed by atoms with van der Waals surface area (Å²) in [7, 11) is 3.18. The van der Waals surface area contributed by atoms with Crippen LogP contribution in [0.3, 0.4) is 0 Å². The molecule has 1 rings (SSSR count). The van der Waals surface area contributed by atoms with E-state index < -0.39 is 0 Å². The fourth-order valence-electron chi connectivity index (χ4n) is 1.25. The Kier molecular flexibility index (Phi) is 3.74. The van der Waals surface area contributed by atoms with Gasteiger partial charge in [-0.15, -0.1) is 0 Å². The summed E-state index contributed by atoms with van der Waals surface area (Å²) < 4.78 is 10.3. The highest BCUT2D eigenvalue weighted by Gasteiger charge is 2.08. The number of hydrogen-bond donors (Lipinski definition) is 2. The number of anilines is 1. The first-order chi connectivity index (χ1) is 7.08. The highest BCUT2D eigenvalue weighted by atomic mass is 32.1. The Morgan fingerprint density at radius 1 is 1.27 bits per heavy atom. The maximum atomic E-state index is 5.40. The van der Waals surface area contributed by atoms with Crippen molar-refractivity contribution in [3.63, 3.8) is 0 Å². The normalized spacial score (nSPS) is 9.53. The van der Waals surface area contributed by atoms with E-state index in [0.717, 1.165) is 11.3 Å². The van der Waals surface area contributed by atoms with Crippen molar-refractivity contribution in [2.45, 2.75) is 6.92 Å². The van der Waals surface area contributed by atoms with Crippen LogP contribution in [0, 0.1) is 6.92 Å². The molecule has 0 saturated carbocycles. The molecular formula is C10H14N2O2S. The summed E-state index contributed by atoms with van der Waals surface area (Å²) in [6.45, 7) is 1.93. The summed E-state index contributed by atoms with van der Waals surface area (Å²) in [5.74, 6) is 1.32. The smallest absolute Gasteiger partial charge is 0.168 e. The number of hydrogen-bond acceptors (Lipinski definition) is 3. The molecule has 0 atom stereocenters. The topological polar surface area (TPSA) is 56.5 Å². The van der Waals surface area contributed by atoms with Gasteiger partial charge in [-0.25, -0.2) is 0 Å². The van der Waals surface area contributed by atoms with Gasteiger partial charge in [0.25, 0.3) is 0 Å². The molecule has 82 valence electrons. The Balaban J connectivity index is 3.13. The highest BCUT2D eigenvalue weighted by molar-refractivity contribution is 7.80. The van der Waals surface area contributed by atoms with Gasteiger partial charge in [-0.05, 0) is 30.8 Å². The lowest BCUT2D eigenvalue weighted by Gasteiger charge is -2.13. The Hall–Kier alpha value is -1.49. The summed E-state index contributed by atoms with van der Waals surface area (Å²) >= 11 is 4.77. The third kappa shape index (κ3) is 2.73. The lowest BCUT2D eigenvalue weighted by molar-refractivity contribution is 0.355. The molecule has 0 fully saturated rings. The summed E-state index contributed by atoms with van der Waals surface area (Å²) in [5.41, 5.74) is 7.21. The van der Waals surface area contributed by atoms with E-state index in [0.29, 0.717) is 11.5 Å². The number of nitrogens with one attached hydrogen (secondary N) is 1. The van der Waals surface area contributed by atoms with E-state index >= 15 is 0 Å². The third-order valence-corrected chi connectivity index (χ3v) is 2.09. The lowest BCUT2D eigenvalue weighted by Crippen LogP contribution is -2.19. The van der Waals surface area contributed by atoms with Crippen LogP contribution in [0.1, 0.15) is 5.56 Å². The van der Waals surface area contributed by atoms with Gasteiger partial charge in [-0.2, -0.15) is 0 Å². The largest absolute Gasteiger partial charge is 0.493 e. The number of rotatable bonds is 3. The third-order valence-electron chi connectivity index (χ3n) is 1.99. The van der Waals surface area contributed by atoms with E-state index in [9.17, 15) is 0 Å². The van der Waals surface area contributed by atoms with Crippen LogP contribution in [0.5, 0.6) is 11.5 Å². The van der Waals surface area contributed by atoms with Gasteiger partial charge in [-0.3, -0.25) is 0 Å². The van der Waals surface area contributed by atoms with E-state index in [1.54, 1.807) is 20.3 Å². The first kappa shape index (κ1) is 11.6. The van der Waals surface area contributed by atoms with Crippen LogP contribution in [0.4, 0.5) is 5.69 Å². The van der Waals surface area contributed by atoms with Crippen molar-refractivity contribution in [3.05, 3.63) is 17.7 Å². The van der Waals surface area contributed by atoms with Gasteiger partial charge in [0.05, 0.1) is 14.2 Å². The standard InChI is InChI=1S/C10H14N2O2S/c1-6-4-8(13-2)9(14-3)5-7(6)12-10(11)15/h4-5H,1-3H3,(H3,11,12,15). The molecule has 0 bridgehead atoms. The molecule has 0 spiro atoms. The minimum Gasteiger partial charge on any atom is -0.493 e. The zero-order chi connectivity index (χ0) is 11.4. The van der Waals surface area contributed by atoms with Gasteiger partial charge in [0.15, 0.2) is 16.6 Å². The number of methoxy groups -OCH3 is 2. The van der Waals surface area contributed by atoms with Gasteiger partial charge in [0.2, 0.25) is 0 Å². The first-order valence-corrected chi connectivity index (χ1v) is 4.78. The van der Waals surface area contributed by atoms with Crippen LogP contribution in [0.2, 0.25) is 0 Å². The number of aryl methyl sites for hydroxylation is 1. The molecule has 1 aromatic carbocycles. The van der Waals surface area contributed by atoms with Crippen LogP contribution < -0.4 is 20.5 Å². The molecule has 0 saturated heterocycles. The minimum absolute atomic E-state index is 0.227. The van der Waals surface area contributed by atoms with Gasteiger partial charge >= 0.3 is 0 Å². The van der Waals surface area contributed by atoms with E-state index in [4.69, 9.17) is 27.4 Å². The van der Waals surface area contributed by atoms with Crippen molar-refractivity contribution >= 4 is 23.0 Å². The van der Waals surface area contributed by atoms with Crippen molar-refractivity contribution < 1.29 is 9.47 Å². The maximum absolute atomic E-state index is 5.40. The van der Waals surface area contributed by atoms with Crippen LogP contribution >= 0.6 is 12.2 Å². The molecule has 0 aliphatic rings. The van der Waals surface area contributed by atoms with E-state index in [1.165, 1.54) is 0 Å².